The lowest BCUT2D eigenvalue weighted by molar-refractivity contribution is -0.274. The molecule has 2 aromatic heterocycles. The van der Waals surface area contributed by atoms with Crippen molar-refractivity contribution in [2.75, 3.05) is 0 Å². The number of nitrogens with zero attached hydrogens (tertiary/aromatic N) is 3. The molecule has 10 heteroatoms. The lowest BCUT2D eigenvalue weighted by atomic mass is 10.1. The average molecular weight is 463 g/mol. The largest absolute Gasteiger partial charge is 0.573 e. The number of ether oxygens (including phenoxy) is 1. The van der Waals surface area contributed by atoms with Gasteiger partial charge in [-0.1, -0.05) is 42.6 Å². The predicted molar refractivity (Wildman–Crippen MR) is 114 cm³/mol. The molecule has 0 bridgehead atoms. The Morgan fingerprint density at radius 3 is 2.59 bits per heavy atom. The van der Waals surface area contributed by atoms with Crippen molar-refractivity contribution in [1.82, 2.24) is 19.7 Å². The smallest absolute Gasteiger partial charge is 0.404 e. The number of hydrogen-bond donors (Lipinski definition) is 1. The highest BCUT2D eigenvalue weighted by Gasteiger charge is 2.32. The molecule has 0 aliphatic heterocycles. The summed E-state index contributed by atoms with van der Waals surface area (Å²) in [5, 5.41) is 5.81. The van der Waals surface area contributed by atoms with Gasteiger partial charge in [-0.15, -0.1) is 13.2 Å². The first-order valence-corrected chi connectivity index (χ1v) is 10.6. The Morgan fingerprint density at radius 1 is 1.16 bits per heavy atom. The van der Waals surface area contributed by atoms with Crippen LogP contribution < -0.4 is 10.3 Å². The third-order valence-electron chi connectivity index (χ3n) is 5.72. The Labute approximate surface area is 185 Å². The van der Waals surface area contributed by atoms with Crippen LogP contribution in [0.1, 0.15) is 43.2 Å². The fourth-order valence-electron chi connectivity index (χ4n) is 4.31. The lowest BCUT2D eigenvalue weighted by Gasteiger charge is -2.15. The van der Waals surface area contributed by atoms with Gasteiger partial charge in [-0.25, -0.2) is 9.67 Å². The number of H-pyrrole nitrogens is 1. The molecule has 0 saturated heterocycles. The molecule has 1 saturated carbocycles. The topological polar surface area (TPSA) is 72.8 Å². The van der Waals surface area contributed by atoms with Crippen LogP contribution >= 0.6 is 11.6 Å². The van der Waals surface area contributed by atoms with Gasteiger partial charge in [0, 0.05) is 11.5 Å². The van der Waals surface area contributed by atoms with Crippen LogP contribution in [0.25, 0.3) is 21.8 Å². The van der Waals surface area contributed by atoms with E-state index in [4.69, 9.17) is 11.6 Å². The molecule has 4 aromatic rings. The molecule has 0 spiro atoms. The fraction of sp³-hybridized carbons (Fsp3) is 0.318. The summed E-state index contributed by atoms with van der Waals surface area (Å²) in [6.07, 6.45) is -0.630. The zero-order valence-electron chi connectivity index (χ0n) is 16.7. The van der Waals surface area contributed by atoms with Gasteiger partial charge in [-0.05, 0) is 25.0 Å². The van der Waals surface area contributed by atoms with Crippen molar-refractivity contribution >= 4 is 33.4 Å². The Hall–Kier alpha value is -3.07. The minimum atomic E-state index is -4.85. The number of nitrogens with one attached hydrogen (secondary N) is 1. The van der Waals surface area contributed by atoms with Crippen molar-refractivity contribution in [2.45, 2.75) is 44.5 Å². The molecular weight excluding hydrogens is 445 g/mol. The van der Waals surface area contributed by atoms with Crippen molar-refractivity contribution < 1.29 is 17.9 Å². The summed E-state index contributed by atoms with van der Waals surface area (Å²) in [4.78, 5) is 20.5. The number of benzene rings is 2. The zero-order chi connectivity index (χ0) is 22.5. The van der Waals surface area contributed by atoms with Crippen LogP contribution in [0, 0.1) is 0 Å². The summed E-state index contributed by atoms with van der Waals surface area (Å²) in [5.41, 5.74) is 1.33. The Morgan fingerprint density at radius 2 is 1.88 bits per heavy atom. The van der Waals surface area contributed by atoms with Crippen LogP contribution in [-0.2, 0) is 6.42 Å². The highest BCUT2D eigenvalue weighted by molar-refractivity contribution is 6.32. The number of imidazole rings is 1. The van der Waals surface area contributed by atoms with E-state index in [-0.39, 0.29) is 28.6 Å². The van der Waals surface area contributed by atoms with E-state index in [9.17, 15) is 18.0 Å². The molecule has 1 N–H and O–H groups in total. The quantitative estimate of drug-likeness (QED) is 0.433. The molecule has 2 aromatic carbocycles. The molecule has 0 unspecified atom stereocenters. The minimum Gasteiger partial charge on any atom is -0.404 e. The van der Waals surface area contributed by atoms with Gasteiger partial charge in [-0.2, -0.15) is 5.10 Å². The van der Waals surface area contributed by atoms with Crippen LogP contribution in [0.4, 0.5) is 13.2 Å². The molecule has 6 nitrogen and oxygen atoms in total. The molecule has 0 amide bonds. The van der Waals surface area contributed by atoms with Crippen LogP contribution in [-0.4, -0.2) is 26.1 Å². The van der Waals surface area contributed by atoms with Crippen molar-refractivity contribution in [2.24, 2.45) is 0 Å². The zero-order valence-corrected chi connectivity index (χ0v) is 17.5. The van der Waals surface area contributed by atoms with Crippen molar-refractivity contribution in [1.29, 1.82) is 0 Å². The van der Waals surface area contributed by atoms with E-state index < -0.39 is 12.1 Å². The van der Waals surface area contributed by atoms with Crippen molar-refractivity contribution in [3.63, 3.8) is 0 Å². The predicted octanol–water partition coefficient (Wildman–Crippen LogP) is 5.53. The van der Waals surface area contributed by atoms with Crippen LogP contribution in [0.3, 0.4) is 0 Å². The Bertz CT molecular complexity index is 1370. The minimum absolute atomic E-state index is 0.0717. The van der Waals surface area contributed by atoms with E-state index in [1.807, 2.05) is 18.2 Å². The average Bonchev–Trinajstić information content (AvgIpc) is 3.39. The maximum absolute atomic E-state index is 13.0. The van der Waals surface area contributed by atoms with E-state index in [1.165, 1.54) is 6.07 Å². The van der Waals surface area contributed by atoms with E-state index in [1.54, 1.807) is 10.7 Å². The van der Waals surface area contributed by atoms with Crippen molar-refractivity contribution in [3.8, 4) is 5.75 Å². The van der Waals surface area contributed by atoms with Gasteiger partial charge in [0.15, 0.2) is 0 Å². The molecule has 5 rings (SSSR count). The second-order valence-corrected chi connectivity index (χ2v) is 8.30. The monoisotopic (exact) mass is 462 g/mol. The van der Waals surface area contributed by atoms with Gasteiger partial charge < -0.3 is 9.72 Å². The fourth-order valence-corrected chi connectivity index (χ4v) is 4.51. The first-order valence-electron chi connectivity index (χ1n) is 10.2. The van der Waals surface area contributed by atoms with Gasteiger partial charge >= 0.3 is 6.36 Å². The van der Waals surface area contributed by atoms with Crippen LogP contribution in [0.2, 0.25) is 5.02 Å². The van der Waals surface area contributed by atoms with Crippen LogP contribution in [0.5, 0.6) is 5.75 Å². The second kappa shape index (κ2) is 7.81. The van der Waals surface area contributed by atoms with E-state index in [0.29, 0.717) is 22.4 Å². The standard InChI is InChI=1S/C22H18ClF3N4O2/c23-15-9-17-18(10-19(15)32-22(24,25)26)28-20(27-17)11-16-13-7-3-4-8-14(13)21(31)30(29-16)12-5-1-2-6-12/h3-4,7-10,12H,1-2,5-6,11H2,(H,27,28). The SMILES string of the molecule is O=c1c2ccccc2c(Cc2nc3cc(OC(F)(F)F)c(Cl)cc3[nH]2)nn1C1CCCC1. The Balaban J connectivity index is 1.56. The first kappa shape index (κ1) is 20.8. The van der Waals surface area contributed by atoms with Gasteiger partial charge in [-0.3, -0.25) is 4.79 Å². The summed E-state index contributed by atoms with van der Waals surface area (Å²) in [6.45, 7) is 0. The Kier molecular flexibility index (Phi) is 5.08. The lowest BCUT2D eigenvalue weighted by Crippen LogP contribution is -2.27. The number of halogens is 4. The number of hydrogen-bond acceptors (Lipinski definition) is 4. The maximum atomic E-state index is 13.0. The molecule has 0 radical (unpaired) electrons. The molecule has 1 fully saturated rings. The number of aromatic nitrogens is 4. The summed E-state index contributed by atoms with van der Waals surface area (Å²) in [6, 6.07) is 9.85. The van der Waals surface area contributed by atoms with Gasteiger partial charge in [0.05, 0.1) is 39.6 Å². The molecule has 0 atom stereocenters. The summed E-state index contributed by atoms with van der Waals surface area (Å²) >= 11 is 5.94. The van der Waals surface area contributed by atoms with E-state index in [2.05, 4.69) is 19.8 Å². The van der Waals surface area contributed by atoms with E-state index >= 15 is 0 Å². The summed E-state index contributed by atoms with van der Waals surface area (Å²) in [5.74, 6) is -0.0161. The van der Waals surface area contributed by atoms with E-state index in [0.717, 1.165) is 37.1 Å². The molecule has 32 heavy (non-hydrogen) atoms. The molecular formula is C22H18ClF3N4O2. The third-order valence-corrected chi connectivity index (χ3v) is 6.02. The highest BCUT2D eigenvalue weighted by Crippen LogP contribution is 2.34. The second-order valence-electron chi connectivity index (χ2n) is 7.89. The third kappa shape index (κ3) is 3.92. The normalized spacial score (nSPS) is 15.1. The van der Waals surface area contributed by atoms with Crippen LogP contribution in [0.15, 0.2) is 41.2 Å². The maximum Gasteiger partial charge on any atom is 0.573 e. The summed E-state index contributed by atoms with van der Waals surface area (Å²) in [7, 11) is 0. The molecule has 1 aliphatic carbocycles. The number of alkyl halides is 3. The first-order chi connectivity index (χ1) is 15.3. The number of rotatable bonds is 4. The number of fused-ring (bicyclic) bond motifs is 2. The van der Waals surface area contributed by atoms with Gasteiger partial charge in [0.2, 0.25) is 0 Å². The number of aromatic amines is 1. The summed E-state index contributed by atoms with van der Waals surface area (Å²) < 4.78 is 43.4. The van der Waals surface area contributed by atoms with Gasteiger partial charge in [0.25, 0.3) is 5.56 Å². The molecule has 2 heterocycles. The van der Waals surface area contributed by atoms with Crippen molar-refractivity contribution in [3.05, 3.63) is 63.3 Å². The molecule has 1 aliphatic rings. The molecule has 166 valence electrons. The van der Waals surface area contributed by atoms with Gasteiger partial charge in [0.1, 0.15) is 11.6 Å². The highest BCUT2D eigenvalue weighted by atomic mass is 35.5.